The van der Waals surface area contributed by atoms with E-state index in [1.165, 1.54) is 17.0 Å². The quantitative estimate of drug-likeness (QED) is 0.782. The van der Waals surface area contributed by atoms with E-state index in [1.54, 1.807) is 17.0 Å². The van der Waals surface area contributed by atoms with Crippen LogP contribution in [-0.2, 0) is 16.1 Å². The van der Waals surface area contributed by atoms with E-state index in [-0.39, 0.29) is 24.4 Å². The van der Waals surface area contributed by atoms with Gasteiger partial charge in [-0.1, -0.05) is 30.3 Å². The van der Waals surface area contributed by atoms with Gasteiger partial charge in [0.1, 0.15) is 18.5 Å². The van der Waals surface area contributed by atoms with Crippen molar-refractivity contribution in [3.05, 3.63) is 66.0 Å². The van der Waals surface area contributed by atoms with Gasteiger partial charge in [-0.2, -0.15) is 0 Å². The van der Waals surface area contributed by atoms with Gasteiger partial charge in [-0.05, 0) is 55.5 Å². The third-order valence-corrected chi connectivity index (χ3v) is 5.23. The molecule has 2 aromatic carbocycles. The second kappa shape index (κ2) is 8.00. The average molecular weight is 382 g/mol. The number of halogens is 1. The zero-order valence-corrected chi connectivity index (χ0v) is 15.6. The second-order valence-corrected chi connectivity index (χ2v) is 7.31. The van der Waals surface area contributed by atoms with Crippen LogP contribution < -0.4 is 4.90 Å². The maximum Gasteiger partial charge on any atom is 0.410 e. The summed E-state index contributed by atoms with van der Waals surface area (Å²) in [6, 6.07) is 15.0. The van der Waals surface area contributed by atoms with Crippen molar-refractivity contribution >= 4 is 17.7 Å². The molecule has 2 amide bonds. The van der Waals surface area contributed by atoms with Crippen LogP contribution in [0.4, 0.5) is 14.9 Å². The molecule has 6 heteroatoms. The largest absolute Gasteiger partial charge is 0.445 e. The molecule has 1 saturated heterocycles. The van der Waals surface area contributed by atoms with Crippen molar-refractivity contribution in [3.63, 3.8) is 0 Å². The van der Waals surface area contributed by atoms with Crippen molar-refractivity contribution < 1.29 is 18.7 Å². The van der Waals surface area contributed by atoms with Crippen molar-refractivity contribution in [2.75, 3.05) is 11.4 Å². The summed E-state index contributed by atoms with van der Waals surface area (Å²) in [6.45, 7) is 0.688. The van der Waals surface area contributed by atoms with Gasteiger partial charge in [0.05, 0.1) is 0 Å². The lowest BCUT2D eigenvalue weighted by Crippen LogP contribution is -2.49. The summed E-state index contributed by atoms with van der Waals surface area (Å²) in [5.41, 5.74) is 1.59. The topological polar surface area (TPSA) is 49.9 Å². The number of hydrogen-bond acceptors (Lipinski definition) is 3. The first-order valence-electron chi connectivity index (χ1n) is 9.69. The van der Waals surface area contributed by atoms with Gasteiger partial charge in [-0.15, -0.1) is 0 Å². The minimum Gasteiger partial charge on any atom is -0.445 e. The highest BCUT2D eigenvalue weighted by atomic mass is 19.1. The van der Waals surface area contributed by atoms with E-state index in [4.69, 9.17) is 4.74 Å². The number of rotatable bonds is 5. The van der Waals surface area contributed by atoms with E-state index < -0.39 is 12.1 Å². The van der Waals surface area contributed by atoms with Crippen molar-refractivity contribution in [1.29, 1.82) is 0 Å². The van der Waals surface area contributed by atoms with Gasteiger partial charge >= 0.3 is 6.09 Å². The monoisotopic (exact) mass is 382 g/mol. The molecule has 5 nitrogen and oxygen atoms in total. The Morgan fingerprint density at radius 3 is 2.43 bits per heavy atom. The summed E-state index contributed by atoms with van der Waals surface area (Å²) in [4.78, 5) is 29.2. The Bertz CT molecular complexity index is 837. The molecule has 0 aromatic heterocycles. The lowest BCUT2D eigenvalue weighted by atomic mass is 10.1. The van der Waals surface area contributed by atoms with E-state index >= 15 is 0 Å². The number of carbonyl (C=O) groups is 2. The Hall–Kier alpha value is -2.89. The number of anilines is 1. The van der Waals surface area contributed by atoms with Crippen LogP contribution in [0, 0.1) is 5.82 Å². The van der Waals surface area contributed by atoms with Crippen molar-refractivity contribution in [1.82, 2.24) is 4.90 Å². The molecule has 1 aliphatic heterocycles. The highest BCUT2D eigenvalue weighted by molar-refractivity contribution is 5.99. The SMILES string of the molecule is O=C([C@@H]1CCCN1C(=O)OCc1ccccc1)N(c1ccc(F)cc1)C1CC1. The van der Waals surface area contributed by atoms with E-state index in [1.807, 2.05) is 30.3 Å². The van der Waals surface area contributed by atoms with Crippen LogP contribution in [0.2, 0.25) is 0 Å². The van der Waals surface area contributed by atoms with Crippen LogP contribution >= 0.6 is 0 Å². The minimum atomic E-state index is -0.533. The Morgan fingerprint density at radius 1 is 1.04 bits per heavy atom. The highest BCUT2D eigenvalue weighted by Crippen LogP contribution is 2.34. The summed E-state index contributed by atoms with van der Waals surface area (Å²) in [5.74, 6) is -0.442. The molecule has 2 aromatic rings. The lowest BCUT2D eigenvalue weighted by molar-refractivity contribution is -0.122. The van der Waals surface area contributed by atoms with Crippen molar-refractivity contribution in [2.24, 2.45) is 0 Å². The van der Waals surface area contributed by atoms with Gasteiger partial charge in [0.2, 0.25) is 5.91 Å². The van der Waals surface area contributed by atoms with Gasteiger partial charge in [0.25, 0.3) is 0 Å². The molecule has 0 spiro atoms. The first-order chi connectivity index (χ1) is 13.6. The molecule has 0 unspecified atom stereocenters. The molecule has 1 saturated carbocycles. The predicted molar refractivity (Wildman–Crippen MR) is 103 cm³/mol. The first kappa shape index (κ1) is 18.5. The highest BCUT2D eigenvalue weighted by Gasteiger charge is 2.42. The Kier molecular flexibility index (Phi) is 5.28. The third kappa shape index (κ3) is 4.01. The van der Waals surface area contributed by atoms with E-state index in [9.17, 15) is 14.0 Å². The van der Waals surface area contributed by atoms with E-state index in [2.05, 4.69) is 0 Å². The number of carbonyl (C=O) groups excluding carboxylic acids is 2. The van der Waals surface area contributed by atoms with Gasteiger partial charge in [0.15, 0.2) is 0 Å². The molecule has 1 aliphatic carbocycles. The van der Waals surface area contributed by atoms with E-state index in [0.717, 1.165) is 24.8 Å². The van der Waals surface area contributed by atoms with Gasteiger partial charge in [0, 0.05) is 18.3 Å². The third-order valence-electron chi connectivity index (χ3n) is 5.23. The predicted octanol–water partition coefficient (Wildman–Crippen LogP) is 4.12. The Labute approximate surface area is 163 Å². The summed E-state index contributed by atoms with van der Waals surface area (Å²) < 4.78 is 18.7. The molecule has 2 aliphatic rings. The standard InChI is InChI=1S/C22H23FN2O3/c23-17-8-10-18(11-9-17)25(19-12-13-19)21(26)20-7-4-14-24(20)22(27)28-15-16-5-2-1-3-6-16/h1-3,5-6,8-11,19-20H,4,7,12-15H2/t20-/m0/s1. The zero-order chi connectivity index (χ0) is 19.5. The second-order valence-electron chi connectivity index (χ2n) is 7.31. The molecule has 146 valence electrons. The summed E-state index contributed by atoms with van der Waals surface area (Å²) in [6.07, 6.45) is 2.76. The summed E-state index contributed by atoms with van der Waals surface area (Å²) in [7, 11) is 0. The molecule has 4 rings (SSSR count). The number of nitrogens with zero attached hydrogens (tertiary/aromatic N) is 2. The number of likely N-dealkylation sites (tertiary alicyclic amines) is 1. The van der Waals surface area contributed by atoms with E-state index in [0.29, 0.717) is 18.7 Å². The molecule has 28 heavy (non-hydrogen) atoms. The molecule has 0 bridgehead atoms. The van der Waals surface area contributed by atoms with Crippen LogP contribution in [0.25, 0.3) is 0 Å². The molecular weight excluding hydrogens is 359 g/mol. The molecular formula is C22H23FN2O3. The molecule has 0 N–H and O–H groups in total. The molecule has 1 heterocycles. The number of ether oxygens (including phenoxy) is 1. The smallest absolute Gasteiger partial charge is 0.410 e. The van der Waals surface area contributed by atoms with Crippen LogP contribution in [0.5, 0.6) is 0 Å². The van der Waals surface area contributed by atoms with Gasteiger partial charge in [-0.3, -0.25) is 9.69 Å². The van der Waals surface area contributed by atoms with Crippen LogP contribution in [0.15, 0.2) is 54.6 Å². The zero-order valence-electron chi connectivity index (χ0n) is 15.6. The first-order valence-corrected chi connectivity index (χ1v) is 9.69. The number of amides is 2. The van der Waals surface area contributed by atoms with Crippen molar-refractivity contribution in [2.45, 2.75) is 44.4 Å². The Morgan fingerprint density at radius 2 is 1.75 bits per heavy atom. The maximum absolute atomic E-state index is 13.3. The fraction of sp³-hybridized carbons (Fsp3) is 0.364. The number of hydrogen-bond donors (Lipinski definition) is 0. The fourth-order valence-corrected chi connectivity index (χ4v) is 3.66. The van der Waals surface area contributed by atoms with Crippen LogP contribution in [0.3, 0.4) is 0 Å². The average Bonchev–Trinajstić information content (AvgIpc) is 3.42. The van der Waals surface area contributed by atoms with Crippen LogP contribution in [0.1, 0.15) is 31.2 Å². The lowest BCUT2D eigenvalue weighted by Gasteiger charge is -2.30. The van der Waals surface area contributed by atoms with Gasteiger partial charge < -0.3 is 9.64 Å². The molecule has 2 fully saturated rings. The van der Waals surface area contributed by atoms with Crippen molar-refractivity contribution in [3.8, 4) is 0 Å². The van der Waals surface area contributed by atoms with Gasteiger partial charge in [-0.25, -0.2) is 9.18 Å². The molecule has 1 atom stereocenters. The fourth-order valence-electron chi connectivity index (χ4n) is 3.66. The summed E-state index contributed by atoms with van der Waals surface area (Å²) >= 11 is 0. The Balaban J connectivity index is 1.46. The summed E-state index contributed by atoms with van der Waals surface area (Å²) in [5, 5.41) is 0. The molecule has 0 radical (unpaired) electrons. The minimum absolute atomic E-state index is 0.108. The number of benzene rings is 2. The maximum atomic E-state index is 13.3. The van der Waals surface area contributed by atoms with Crippen LogP contribution in [-0.4, -0.2) is 35.5 Å². The normalized spacial score (nSPS) is 18.8.